The zero-order valence-electron chi connectivity index (χ0n) is 14.9. The molecule has 1 aliphatic carbocycles. The number of anilines is 1. The summed E-state index contributed by atoms with van der Waals surface area (Å²) in [6, 6.07) is 7.42. The van der Waals surface area contributed by atoms with E-state index in [-0.39, 0.29) is 29.5 Å². The first-order chi connectivity index (χ1) is 13.1. The molecule has 1 saturated carbocycles. The van der Waals surface area contributed by atoms with Crippen molar-refractivity contribution in [3.05, 3.63) is 52.2 Å². The average Bonchev–Trinajstić information content (AvgIpc) is 3.30. The summed E-state index contributed by atoms with van der Waals surface area (Å²) in [5.74, 6) is -0.159. The number of fused-ring (bicyclic) bond motifs is 1. The van der Waals surface area contributed by atoms with Gasteiger partial charge in [-0.05, 0) is 31.7 Å². The molecule has 0 spiro atoms. The second-order valence-corrected chi connectivity index (χ2v) is 8.18. The van der Waals surface area contributed by atoms with E-state index in [9.17, 15) is 9.59 Å². The maximum absolute atomic E-state index is 13.4. The lowest BCUT2D eigenvalue weighted by Gasteiger charge is -2.35. The number of amides is 1. The lowest BCUT2D eigenvalue weighted by atomic mass is 9.77. The van der Waals surface area contributed by atoms with Gasteiger partial charge in [0.1, 0.15) is 11.6 Å². The van der Waals surface area contributed by atoms with Gasteiger partial charge in [-0.15, -0.1) is 10.2 Å². The summed E-state index contributed by atoms with van der Waals surface area (Å²) in [5, 5.41) is 8.46. The van der Waals surface area contributed by atoms with Crippen LogP contribution in [0.5, 0.6) is 0 Å². The zero-order valence-corrected chi connectivity index (χ0v) is 15.7. The van der Waals surface area contributed by atoms with Crippen LogP contribution in [0.1, 0.15) is 42.9 Å². The van der Waals surface area contributed by atoms with E-state index in [4.69, 9.17) is 4.74 Å². The van der Waals surface area contributed by atoms with Crippen LogP contribution in [0.15, 0.2) is 41.1 Å². The number of carbonyl (C=O) groups is 2. The van der Waals surface area contributed by atoms with Crippen LogP contribution < -0.4 is 4.90 Å². The van der Waals surface area contributed by atoms with Gasteiger partial charge in [0, 0.05) is 0 Å². The van der Waals surface area contributed by atoms with E-state index in [1.54, 1.807) is 10.4 Å². The Labute approximate surface area is 160 Å². The number of rotatable bonds is 2. The van der Waals surface area contributed by atoms with Gasteiger partial charge in [-0.1, -0.05) is 47.6 Å². The number of carbonyl (C=O) groups excluding carboxylic acids is 2. The maximum Gasteiger partial charge on any atom is 0.296 e. The Morgan fingerprint density at radius 3 is 2.67 bits per heavy atom. The van der Waals surface area contributed by atoms with Crippen molar-refractivity contribution in [3.63, 3.8) is 0 Å². The van der Waals surface area contributed by atoms with Crippen molar-refractivity contribution in [2.45, 2.75) is 44.8 Å². The third-order valence-electron chi connectivity index (χ3n) is 5.71. The molecule has 3 unspecified atom stereocenters. The molecule has 5 rings (SSSR count). The Bertz CT molecular complexity index is 936. The molecule has 3 aliphatic rings. The third kappa shape index (κ3) is 2.52. The molecule has 0 N–H and O–H groups in total. The van der Waals surface area contributed by atoms with Crippen LogP contribution in [0.2, 0.25) is 0 Å². The number of nitrogens with zero attached hydrogens (tertiary/aromatic N) is 3. The zero-order chi connectivity index (χ0) is 18.5. The first-order valence-electron chi connectivity index (χ1n) is 9.26. The van der Waals surface area contributed by atoms with Gasteiger partial charge in [0.15, 0.2) is 11.5 Å². The normalized spacial score (nSPS) is 27.4. The summed E-state index contributed by atoms with van der Waals surface area (Å²) in [6.07, 6.45) is 3.54. The molecule has 0 bridgehead atoms. The number of ether oxygens (including phenoxy) is 1. The molecule has 27 heavy (non-hydrogen) atoms. The van der Waals surface area contributed by atoms with Crippen LogP contribution in [-0.2, 0) is 14.3 Å². The van der Waals surface area contributed by atoms with Gasteiger partial charge in [-0.2, -0.15) is 0 Å². The third-order valence-corrected chi connectivity index (χ3v) is 6.40. The van der Waals surface area contributed by atoms with Crippen LogP contribution in [0.25, 0.3) is 0 Å². The topological polar surface area (TPSA) is 72.4 Å². The highest BCUT2D eigenvalue weighted by molar-refractivity contribution is 7.13. The highest BCUT2D eigenvalue weighted by atomic mass is 32.1. The average molecular weight is 381 g/mol. The predicted octanol–water partition coefficient (Wildman–Crippen LogP) is 3.35. The van der Waals surface area contributed by atoms with Gasteiger partial charge in [0.05, 0.1) is 17.5 Å². The van der Waals surface area contributed by atoms with Gasteiger partial charge in [0.2, 0.25) is 5.13 Å². The molecule has 1 aromatic carbocycles. The number of hydrogen-bond donors (Lipinski definition) is 0. The minimum Gasteiger partial charge on any atom is -0.483 e. The van der Waals surface area contributed by atoms with Crippen molar-refractivity contribution >= 4 is 28.2 Å². The Kier molecular flexibility index (Phi) is 3.86. The number of hydrogen-bond acceptors (Lipinski definition) is 6. The van der Waals surface area contributed by atoms with Crippen LogP contribution in [-0.4, -0.2) is 28.0 Å². The van der Waals surface area contributed by atoms with Crippen molar-refractivity contribution < 1.29 is 14.3 Å². The minimum absolute atomic E-state index is 0.0619. The molecule has 6 nitrogen and oxygen atoms in total. The van der Waals surface area contributed by atoms with E-state index in [1.165, 1.54) is 11.3 Å². The molecular formula is C20H19N3O3S. The van der Waals surface area contributed by atoms with Gasteiger partial charge in [-0.3, -0.25) is 14.5 Å². The van der Waals surface area contributed by atoms with Crippen LogP contribution >= 0.6 is 11.3 Å². The quantitative estimate of drug-likeness (QED) is 0.798. The second-order valence-electron chi connectivity index (χ2n) is 7.36. The monoisotopic (exact) mass is 381 g/mol. The van der Waals surface area contributed by atoms with Crippen molar-refractivity contribution in [3.8, 4) is 0 Å². The summed E-state index contributed by atoms with van der Waals surface area (Å²) in [4.78, 5) is 28.2. The molecular weight excluding hydrogens is 362 g/mol. The first-order valence-corrected chi connectivity index (χ1v) is 10.1. The Morgan fingerprint density at radius 2 is 1.93 bits per heavy atom. The molecule has 2 aromatic rings. The molecule has 3 heterocycles. The van der Waals surface area contributed by atoms with Crippen LogP contribution in [0.4, 0.5) is 5.13 Å². The van der Waals surface area contributed by atoms with E-state index in [2.05, 4.69) is 10.2 Å². The van der Waals surface area contributed by atoms with Crippen LogP contribution in [0.3, 0.4) is 0 Å². The Balaban J connectivity index is 1.65. The second kappa shape index (κ2) is 6.27. The number of Topliss-reactive ketones (excluding diaryl/α,β-unsaturated/α-hetero) is 1. The molecule has 138 valence electrons. The molecule has 1 amide bonds. The fraction of sp³-hybridized carbons (Fsp3) is 0.400. The molecule has 3 atom stereocenters. The van der Waals surface area contributed by atoms with E-state index in [0.717, 1.165) is 36.8 Å². The highest BCUT2D eigenvalue weighted by Gasteiger charge is 2.53. The maximum atomic E-state index is 13.4. The van der Waals surface area contributed by atoms with Gasteiger partial charge in [0.25, 0.3) is 5.91 Å². The van der Waals surface area contributed by atoms with E-state index in [0.29, 0.717) is 10.7 Å². The summed E-state index contributed by atoms with van der Waals surface area (Å²) >= 11 is 1.29. The minimum atomic E-state index is -0.503. The van der Waals surface area contributed by atoms with E-state index in [1.807, 2.05) is 31.2 Å². The summed E-state index contributed by atoms with van der Waals surface area (Å²) in [7, 11) is 0. The van der Waals surface area contributed by atoms with Crippen molar-refractivity contribution in [1.82, 2.24) is 10.2 Å². The van der Waals surface area contributed by atoms with Crippen molar-refractivity contribution in [2.75, 3.05) is 4.90 Å². The Morgan fingerprint density at radius 1 is 1.15 bits per heavy atom. The molecule has 1 fully saturated rings. The summed E-state index contributed by atoms with van der Waals surface area (Å²) in [6.45, 7) is 2.01. The fourth-order valence-electron chi connectivity index (χ4n) is 4.38. The number of aromatic nitrogens is 2. The predicted molar refractivity (Wildman–Crippen MR) is 100 cm³/mol. The van der Waals surface area contributed by atoms with Gasteiger partial charge < -0.3 is 4.74 Å². The summed E-state index contributed by atoms with van der Waals surface area (Å²) < 4.78 is 6.12. The summed E-state index contributed by atoms with van der Waals surface area (Å²) in [5.41, 5.74) is 4.09. The SMILES string of the molecule is Cc1ccc(C2C3=C(OC4CCCCC4C3=O)C(=O)N2c2nncs2)cc1. The highest BCUT2D eigenvalue weighted by Crippen LogP contribution is 2.48. The lowest BCUT2D eigenvalue weighted by molar-refractivity contribution is -0.131. The molecule has 0 radical (unpaired) electrons. The standard InChI is InChI=1S/C20H19N3O3S/c1-11-6-8-12(9-7-11)16-15-17(24)13-4-2-3-5-14(13)26-18(15)19(25)23(16)20-22-21-10-27-20/h6-10,13-14,16H,2-5H2,1H3. The van der Waals surface area contributed by atoms with E-state index >= 15 is 0 Å². The van der Waals surface area contributed by atoms with Crippen molar-refractivity contribution in [1.29, 1.82) is 0 Å². The number of aryl methyl sites for hydroxylation is 1. The largest absolute Gasteiger partial charge is 0.483 e. The fourth-order valence-corrected chi connectivity index (χ4v) is 4.96. The van der Waals surface area contributed by atoms with Gasteiger partial charge >= 0.3 is 0 Å². The van der Waals surface area contributed by atoms with Crippen molar-refractivity contribution in [2.24, 2.45) is 5.92 Å². The van der Waals surface area contributed by atoms with E-state index < -0.39 is 6.04 Å². The molecule has 7 heteroatoms. The number of ketones is 1. The van der Waals surface area contributed by atoms with Crippen LogP contribution in [0, 0.1) is 12.8 Å². The molecule has 0 saturated heterocycles. The smallest absolute Gasteiger partial charge is 0.296 e. The Hall–Kier alpha value is -2.54. The first kappa shape index (κ1) is 16.6. The lowest BCUT2D eigenvalue weighted by Crippen LogP contribution is -2.39. The van der Waals surface area contributed by atoms with Gasteiger partial charge in [-0.25, -0.2) is 0 Å². The molecule has 1 aromatic heterocycles. The molecule has 2 aliphatic heterocycles. The number of benzene rings is 1.